The highest BCUT2D eigenvalue weighted by Crippen LogP contribution is 2.21. The Morgan fingerprint density at radius 3 is 2.76 bits per heavy atom. The summed E-state index contributed by atoms with van der Waals surface area (Å²) in [5, 5.41) is 13.9. The summed E-state index contributed by atoms with van der Waals surface area (Å²) in [5.74, 6) is 0.727. The SMILES string of the molecule is Cc1ccc(CNCC(O)COc2ccc(Cl)c(C)c2)s1. The van der Waals surface area contributed by atoms with Crippen molar-refractivity contribution < 1.29 is 9.84 Å². The third-order valence-corrected chi connectivity index (χ3v) is 4.47. The fourth-order valence-corrected chi connectivity index (χ4v) is 2.88. The molecule has 114 valence electrons. The molecule has 0 saturated carbocycles. The number of hydrogen-bond acceptors (Lipinski definition) is 4. The number of benzene rings is 1. The number of aliphatic hydroxyl groups excluding tert-OH is 1. The van der Waals surface area contributed by atoms with Crippen molar-refractivity contribution in [2.75, 3.05) is 13.2 Å². The summed E-state index contributed by atoms with van der Waals surface area (Å²) in [4.78, 5) is 2.57. The zero-order valence-electron chi connectivity index (χ0n) is 12.2. The van der Waals surface area contributed by atoms with Gasteiger partial charge in [-0.15, -0.1) is 11.3 Å². The fourth-order valence-electron chi connectivity index (χ4n) is 1.90. The zero-order valence-corrected chi connectivity index (χ0v) is 13.8. The van der Waals surface area contributed by atoms with Crippen molar-refractivity contribution in [3.8, 4) is 5.75 Å². The molecule has 0 aliphatic rings. The van der Waals surface area contributed by atoms with Crippen molar-refractivity contribution in [1.82, 2.24) is 5.32 Å². The van der Waals surface area contributed by atoms with Crippen LogP contribution in [0.2, 0.25) is 5.02 Å². The van der Waals surface area contributed by atoms with Crippen LogP contribution in [0.25, 0.3) is 0 Å². The van der Waals surface area contributed by atoms with Gasteiger partial charge in [0.15, 0.2) is 0 Å². The molecule has 1 unspecified atom stereocenters. The molecule has 0 aliphatic carbocycles. The van der Waals surface area contributed by atoms with Gasteiger partial charge in [0.05, 0.1) is 0 Å². The Balaban J connectivity index is 1.69. The quantitative estimate of drug-likeness (QED) is 0.818. The Kier molecular flexibility index (Phi) is 6.06. The topological polar surface area (TPSA) is 41.5 Å². The predicted octanol–water partition coefficient (Wildman–Crippen LogP) is 3.55. The molecular formula is C16H20ClNO2S. The molecule has 1 aromatic carbocycles. The molecule has 0 radical (unpaired) electrons. The molecule has 0 saturated heterocycles. The molecule has 2 rings (SSSR count). The van der Waals surface area contributed by atoms with Gasteiger partial charge in [-0.1, -0.05) is 11.6 Å². The maximum absolute atomic E-state index is 9.91. The van der Waals surface area contributed by atoms with Crippen molar-refractivity contribution in [3.05, 3.63) is 50.7 Å². The molecule has 2 aromatic rings. The number of ether oxygens (including phenoxy) is 1. The van der Waals surface area contributed by atoms with Crippen molar-refractivity contribution in [1.29, 1.82) is 0 Å². The van der Waals surface area contributed by atoms with Gasteiger partial charge in [0.1, 0.15) is 18.5 Å². The average molecular weight is 326 g/mol. The Morgan fingerprint density at radius 2 is 2.10 bits per heavy atom. The smallest absolute Gasteiger partial charge is 0.119 e. The summed E-state index contributed by atoms with van der Waals surface area (Å²) in [6.45, 7) is 5.55. The summed E-state index contributed by atoms with van der Waals surface area (Å²) < 4.78 is 5.56. The minimum absolute atomic E-state index is 0.261. The lowest BCUT2D eigenvalue weighted by molar-refractivity contribution is 0.106. The van der Waals surface area contributed by atoms with Gasteiger partial charge in [0.2, 0.25) is 0 Å². The highest BCUT2D eigenvalue weighted by atomic mass is 35.5. The van der Waals surface area contributed by atoms with Gasteiger partial charge in [0, 0.05) is 27.9 Å². The van der Waals surface area contributed by atoms with Crippen molar-refractivity contribution >= 4 is 22.9 Å². The first-order chi connectivity index (χ1) is 10.0. The highest BCUT2D eigenvalue weighted by Gasteiger charge is 2.06. The second-order valence-electron chi connectivity index (χ2n) is 5.02. The summed E-state index contributed by atoms with van der Waals surface area (Å²) in [6.07, 6.45) is -0.540. The number of aryl methyl sites for hydroxylation is 2. The van der Waals surface area contributed by atoms with Gasteiger partial charge in [-0.05, 0) is 49.7 Å². The minimum Gasteiger partial charge on any atom is -0.491 e. The molecule has 3 nitrogen and oxygen atoms in total. The maximum Gasteiger partial charge on any atom is 0.119 e. The van der Waals surface area contributed by atoms with Crippen LogP contribution in [0.4, 0.5) is 0 Å². The van der Waals surface area contributed by atoms with E-state index < -0.39 is 6.10 Å². The number of aliphatic hydroxyl groups is 1. The molecule has 0 spiro atoms. The van der Waals surface area contributed by atoms with Crippen LogP contribution in [0.1, 0.15) is 15.3 Å². The number of thiophene rings is 1. The molecule has 0 aliphatic heterocycles. The molecule has 1 atom stereocenters. The number of halogens is 1. The van der Waals surface area contributed by atoms with Crippen molar-refractivity contribution in [2.24, 2.45) is 0 Å². The lowest BCUT2D eigenvalue weighted by Gasteiger charge is -2.13. The maximum atomic E-state index is 9.91. The summed E-state index contributed by atoms with van der Waals surface area (Å²) in [7, 11) is 0. The van der Waals surface area contributed by atoms with Crippen LogP contribution < -0.4 is 10.1 Å². The lowest BCUT2D eigenvalue weighted by Crippen LogP contribution is -2.30. The van der Waals surface area contributed by atoms with Crippen LogP contribution in [0.5, 0.6) is 5.75 Å². The van der Waals surface area contributed by atoms with Crippen molar-refractivity contribution in [2.45, 2.75) is 26.5 Å². The number of rotatable bonds is 7. The van der Waals surface area contributed by atoms with E-state index in [4.69, 9.17) is 16.3 Å². The van der Waals surface area contributed by atoms with Gasteiger partial charge in [0.25, 0.3) is 0 Å². The monoisotopic (exact) mass is 325 g/mol. The van der Waals surface area contributed by atoms with E-state index in [1.807, 2.05) is 19.1 Å². The molecule has 5 heteroatoms. The van der Waals surface area contributed by atoms with E-state index in [0.29, 0.717) is 6.54 Å². The number of nitrogens with one attached hydrogen (secondary N) is 1. The summed E-state index contributed by atoms with van der Waals surface area (Å²) >= 11 is 7.72. The normalized spacial score (nSPS) is 12.4. The first-order valence-corrected chi connectivity index (χ1v) is 8.07. The Bertz CT molecular complexity index is 585. The molecule has 1 heterocycles. The Hall–Kier alpha value is -1.07. The standard InChI is InChI=1S/C16H20ClNO2S/c1-11-7-14(4-6-16(11)17)20-10-13(19)8-18-9-15-5-3-12(2)21-15/h3-7,13,18-19H,8-10H2,1-2H3. The Morgan fingerprint density at radius 1 is 1.29 bits per heavy atom. The van der Waals surface area contributed by atoms with Crippen LogP contribution in [0.15, 0.2) is 30.3 Å². The van der Waals surface area contributed by atoms with Crippen LogP contribution in [-0.4, -0.2) is 24.4 Å². The van der Waals surface area contributed by atoms with Crippen LogP contribution in [-0.2, 0) is 6.54 Å². The first-order valence-electron chi connectivity index (χ1n) is 6.87. The van der Waals surface area contributed by atoms with Crippen LogP contribution in [0.3, 0.4) is 0 Å². The first kappa shape index (κ1) is 16.3. The molecule has 1 aromatic heterocycles. The third kappa shape index (κ3) is 5.32. The average Bonchev–Trinajstić information content (AvgIpc) is 2.86. The highest BCUT2D eigenvalue weighted by molar-refractivity contribution is 7.11. The van der Waals surface area contributed by atoms with E-state index in [0.717, 1.165) is 22.9 Å². The van der Waals surface area contributed by atoms with Gasteiger partial charge < -0.3 is 15.2 Å². The van der Waals surface area contributed by atoms with Crippen LogP contribution in [0, 0.1) is 13.8 Å². The molecule has 0 fully saturated rings. The van der Waals surface area contributed by atoms with Gasteiger partial charge in [-0.2, -0.15) is 0 Å². The second-order valence-corrected chi connectivity index (χ2v) is 6.80. The van der Waals surface area contributed by atoms with E-state index in [2.05, 4.69) is 24.4 Å². The van der Waals surface area contributed by atoms with E-state index in [-0.39, 0.29) is 6.61 Å². The molecule has 0 amide bonds. The second kappa shape index (κ2) is 7.80. The van der Waals surface area contributed by atoms with Crippen LogP contribution >= 0.6 is 22.9 Å². The predicted molar refractivity (Wildman–Crippen MR) is 88.5 cm³/mol. The third-order valence-electron chi connectivity index (χ3n) is 3.05. The largest absolute Gasteiger partial charge is 0.491 e. The van der Waals surface area contributed by atoms with E-state index in [1.165, 1.54) is 9.75 Å². The van der Waals surface area contributed by atoms with Crippen molar-refractivity contribution in [3.63, 3.8) is 0 Å². The molecule has 21 heavy (non-hydrogen) atoms. The molecule has 0 bridgehead atoms. The molecule has 2 N–H and O–H groups in total. The summed E-state index contributed by atoms with van der Waals surface area (Å²) in [6, 6.07) is 9.69. The van der Waals surface area contributed by atoms with Gasteiger partial charge >= 0.3 is 0 Å². The Labute approximate surface area is 134 Å². The molecular weight excluding hydrogens is 306 g/mol. The van der Waals surface area contributed by atoms with E-state index in [9.17, 15) is 5.11 Å². The lowest BCUT2D eigenvalue weighted by atomic mass is 10.2. The van der Waals surface area contributed by atoms with Gasteiger partial charge in [-0.3, -0.25) is 0 Å². The van der Waals surface area contributed by atoms with E-state index in [1.54, 1.807) is 17.4 Å². The van der Waals surface area contributed by atoms with E-state index >= 15 is 0 Å². The minimum atomic E-state index is -0.540. The summed E-state index contributed by atoms with van der Waals surface area (Å²) in [5.41, 5.74) is 0.967. The van der Waals surface area contributed by atoms with Gasteiger partial charge in [-0.25, -0.2) is 0 Å². The fraction of sp³-hybridized carbons (Fsp3) is 0.375. The number of hydrogen-bond donors (Lipinski definition) is 2. The zero-order chi connectivity index (χ0) is 15.2.